The summed E-state index contributed by atoms with van der Waals surface area (Å²) in [5, 5.41) is 5.37. The van der Waals surface area contributed by atoms with Gasteiger partial charge in [-0.05, 0) is 56.7 Å². The number of nitrogens with zero attached hydrogens (tertiary/aromatic N) is 3. The third-order valence-electron chi connectivity index (χ3n) is 8.60. The summed E-state index contributed by atoms with van der Waals surface area (Å²) in [4.78, 5) is 60.0. The van der Waals surface area contributed by atoms with Crippen molar-refractivity contribution in [1.82, 2.24) is 20.1 Å². The fourth-order valence-electron chi connectivity index (χ4n) is 6.20. The van der Waals surface area contributed by atoms with Crippen LogP contribution in [0.15, 0.2) is 35.7 Å². The van der Waals surface area contributed by atoms with Gasteiger partial charge in [-0.1, -0.05) is 64.4 Å². The maximum Gasteiger partial charge on any atom is 0.303 e. The molecule has 9 nitrogen and oxygen atoms in total. The number of hydrogen-bond acceptors (Lipinski definition) is 8. The largest absolute Gasteiger partial charge is 0.455 e. The van der Waals surface area contributed by atoms with Gasteiger partial charge < -0.3 is 15.0 Å². The summed E-state index contributed by atoms with van der Waals surface area (Å²) in [6.07, 6.45) is 4.49. The van der Waals surface area contributed by atoms with Crippen molar-refractivity contribution in [3.05, 3.63) is 52.0 Å². The van der Waals surface area contributed by atoms with Gasteiger partial charge in [-0.25, -0.2) is 4.98 Å². The van der Waals surface area contributed by atoms with Gasteiger partial charge >= 0.3 is 5.97 Å². The van der Waals surface area contributed by atoms with E-state index in [1.54, 1.807) is 17.3 Å². The molecule has 2 aromatic rings. The van der Waals surface area contributed by atoms with E-state index >= 15 is 0 Å². The predicted octanol–water partition coefficient (Wildman–Crippen LogP) is 5.84. The van der Waals surface area contributed by atoms with Gasteiger partial charge in [0, 0.05) is 50.7 Å². The van der Waals surface area contributed by atoms with Gasteiger partial charge in [0.1, 0.15) is 16.5 Å². The lowest BCUT2D eigenvalue weighted by Gasteiger charge is -2.34. The van der Waals surface area contributed by atoms with Gasteiger partial charge in [-0.3, -0.25) is 24.1 Å². The molecule has 0 bridgehead atoms. The van der Waals surface area contributed by atoms with E-state index in [1.807, 2.05) is 39.1 Å². The number of rotatable bonds is 16. The van der Waals surface area contributed by atoms with Crippen LogP contribution in [-0.4, -0.2) is 77.1 Å². The topological polar surface area (TPSA) is 109 Å². The maximum absolute atomic E-state index is 13.3. The van der Waals surface area contributed by atoms with E-state index in [2.05, 4.69) is 41.2 Å². The van der Waals surface area contributed by atoms with Crippen LogP contribution in [-0.2, 0) is 25.5 Å². The summed E-state index contributed by atoms with van der Waals surface area (Å²) < 4.78 is 5.72. The standard InChI is InChI=1S/C35H52N4O5S/c1-23(2)19-27(20-26-13-9-8-10-14-26)36-34(43)28-22-45-35(37-28)32(44-25(5)40)21-30(24(3)4)39(7)33(42)17-16-31(41)29-15-11-12-18-38(29)6/h8-10,13-14,22-24,27,29-30,32H,11-12,15-21H2,1-7H3,(H,36,43)/t27-,29-,30-,32-/m1/s1. The van der Waals surface area contributed by atoms with Crippen LogP contribution in [0.5, 0.6) is 0 Å². The SMILES string of the molecule is CC(=O)O[C@H](C[C@H](C(C)C)N(C)C(=O)CCC(=O)[C@H]1CCCCN1C)c1nc(C(=O)N[C@@H](Cc2ccccc2)CC(C)C)cs1. The van der Waals surface area contributed by atoms with Crippen LogP contribution in [0.3, 0.4) is 0 Å². The highest BCUT2D eigenvalue weighted by Gasteiger charge is 2.32. The van der Waals surface area contributed by atoms with Crippen molar-refractivity contribution >= 4 is 34.9 Å². The van der Waals surface area contributed by atoms with E-state index in [9.17, 15) is 19.2 Å². The number of likely N-dealkylation sites (N-methyl/N-ethyl adjacent to an activating group) is 1. The first kappa shape index (κ1) is 36.4. The first-order valence-electron chi connectivity index (χ1n) is 16.3. The molecule has 1 fully saturated rings. The lowest BCUT2D eigenvalue weighted by Crippen LogP contribution is -2.44. The molecule has 4 atom stereocenters. The van der Waals surface area contributed by atoms with Gasteiger partial charge in [0.15, 0.2) is 6.10 Å². The fraction of sp³-hybridized carbons (Fsp3) is 0.629. The minimum atomic E-state index is -0.718. The lowest BCUT2D eigenvalue weighted by atomic mass is 9.94. The molecular formula is C35H52N4O5S. The zero-order valence-corrected chi connectivity index (χ0v) is 28.9. The zero-order valence-electron chi connectivity index (χ0n) is 28.1. The molecule has 0 saturated carbocycles. The van der Waals surface area contributed by atoms with E-state index in [0.717, 1.165) is 44.2 Å². The van der Waals surface area contributed by atoms with Gasteiger partial charge in [0.25, 0.3) is 5.91 Å². The number of benzene rings is 1. The van der Waals surface area contributed by atoms with Gasteiger partial charge in [0.2, 0.25) is 5.91 Å². The first-order valence-corrected chi connectivity index (χ1v) is 17.2. The Kier molecular flexibility index (Phi) is 14.2. The van der Waals surface area contributed by atoms with E-state index in [-0.39, 0.29) is 60.2 Å². The molecule has 2 amide bonds. The van der Waals surface area contributed by atoms with E-state index in [1.165, 1.54) is 18.3 Å². The number of hydrogen-bond donors (Lipinski definition) is 1. The number of amides is 2. The summed E-state index contributed by atoms with van der Waals surface area (Å²) >= 11 is 1.27. The number of carbonyl (C=O) groups excluding carboxylic acids is 4. The monoisotopic (exact) mass is 640 g/mol. The highest BCUT2D eigenvalue weighted by atomic mass is 32.1. The summed E-state index contributed by atoms with van der Waals surface area (Å²) in [5.41, 5.74) is 1.44. The quantitative estimate of drug-likeness (QED) is 0.230. The average molecular weight is 641 g/mol. The van der Waals surface area contributed by atoms with Crippen molar-refractivity contribution in [3.8, 4) is 0 Å². The molecular weight excluding hydrogens is 588 g/mol. The molecule has 10 heteroatoms. The number of piperidine rings is 1. The maximum atomic E-state index is 13.3. The normalized spacial score (nSPS) is 17.5. The van der Waals surface area contributed by atoms with Crippen LogP contribution in [0.2, 0.25) is 0 Å². The van der Waals surface area contributed by atoms with Gasteiger partial charge in [0.05, 0.1) is 6.04 Å². The number of Topliss-reactive ketones (excluding diaryl/α,β-unsaturated/α-hetero) is 1. The second kappa shape index (κ2) is 17.5. The van der Waals surface area contributed by atoms with Crippen molar-refractivity contribution in [1.29, 1.82) is 0 Å². The Bertz CT molecular complexity index is 1260. The number of ketones is 1. The lowest BCUT2D eigenvalue weighted by molar-refractivity contribution is -0.148. The van der Waals surface area contributed by atoms with E-state index in [0.29, 0.717) is 17.3 Å². The van der Waals surface area contributed by atoms with Crippen LogP contribution >= 0.6 is 11.3 Å². The van der Waals surface area contributed by atoms with Crippen molar-refractivity contribution in [2.75, 3.05) is 20.6 Å². The number of aromatic nitrogens is 1. The zero-order chi connectivity index (χ0) is 33.1. The molecule has 0 aliphatic carbocycles. The fourth-order valence-corrected chi connectivity index (χ4v) is 7.04. The minimum Gasteiger partial charge on any atom is -0.455 e. The molecule has 1 aromatic carbocycles. The molecule has 1 aliphatic rings. The van der Waals surface area contributed by atoms with Crippen molar-refractivity contribution in [2.45, 2.75) is 110 Å². The molecule has 3 rings (SSSR count). The number of ether oxygens (including phenoxy) is 1. The van der Waals surface area contributed by atoms with Crippen LogP contribution in [0.25, 0.3) is 0 Å². The van der Waals surface area contributed by atoms with E-state index in [4.69, 9.17) is 4.74 Å². The molecule has 1 aromatic heterocycles. The number of carbonyl (C=O) groups is 4. The average Bonchev–Trinajstić information content (AvgIpc) is 3.48. The summed E-state index contributed by atoms with van der Waals surface area (Å²) in [6.45, 7) is 10.6. The second-order valence-electron chi connectivity index (χ2n) is 13.2. The van der Waals surface area contributed by atoms with Crippen LogP contribution in [0.1, 0.15) is 107 Å². The molecule has 45 heavy (non-hydrogen) atoms. The second-order valence-corrected chi connectivity index (χ2v) is 14.1. The molecule has 1 N–H and O–H groups in total. The number of esters is 1. The number of thiazole rings is 1. The van der Waals surface area contributed by atoms with Gasteiger partial charge in [-0.15, -0.1) is 11.3 Å². The Morgan fingerprint density at radius 1 is 1.07 bits per heavy atom. The molecule has 0 radical (unpaired) electrons. The van der Waals surface area contributed by atoms with Crippen molar-refractivity contribution in [2.24, 2.45) is 11.8 Å². The van der Waals surface area contributed by atoms with Crippen LogP contribution < -0.4 is 5.32 Å². The van der Waals surface area contributed by atoms with Crippen LogP contribution in [0, 0.1) is 11.8 Å². The Hall–Kier alpha value is -3.11. The number of likely N-dealkylation sites (tertiary alicyclic amines) is 1. The summed E-state index contributed by atoms with van der Waals surface area (Å²) in [6, 6.07) is 9.66. The summed E-state index contributed by atoms with van der Waals surface area (Å²) in [5.74, 6) is -0.268. The third-order valence-corrected chi connectivity index (χ3v) is 9.53. The predicted molar refractivity (Wildman–Crippen MR) is 178 cm³/mol. The minimum absolute atomic E-state index is 0.0506. The van der Waals surface area contributed by atoms with Crippen molar-refractivity contribution < 1.29 is 23.9 Å². The number of nitrogens with one attached hydrogen (secondary N) is 1. The highest BCUT2D eigenvalue weighted by Crippen LogP contribution is 2.31. The molecule has 1 saturated heterocycles. The smallest absolute Gasteiger partial charge is 0.303 e. The molecule has 0 unspecified atom stereocenters. The van der Waals surface area contributed by atoms with Crippen molar-refractivity contribution in [3.63, 3.8) is 0 Å². The summed E-state index contributed by atoms with van der Waals surface area (Å²) in [7, 11) is 3.72. The molecule has 0 spiro atoms. The van der Waals surface area contributed by atoms with Crippen LogP contribution in [0.4, 0.5) is 0 Å². The Balaban J connectivity index is 1.69. The Labute approximate surface area is 273 Å². The van der Waals surface area contributed by atoms with Gasteiger partial charge in [-0.2, -0.15) is 0 Å². The third kappa shape index (κ3) is 11.3. The Morgan fingerprint density at radius 3 is 2.40 bits per heavy atom. The first-order chi connectivity index (χ1) is 21.3. The Morgan fingerprint density at radius 2 is 1.78 bits per heavy atom. The molecule has 248 valence electrons. The highest BCUT2D eigenvalue weighted by molar-refractivity contribution is 7.09. The molecule has 1 aliphatic heterocycles. The van der Waals surface area contributed by atoms with E-state index < -0.39 is 12.1 Å². The molecule has 2 heterocycles.